The summed E-state index contributed by atoms with van der Waals surface area (Å²) in [6.45, 7) is 7.07. The van der Waals surface area contributed by atoms with Crippen LogP contribution in [0.5, 0.6) is 5.75 Å². The molecule has 3 heterocycles. The normalized spacial score (nSPS) is 19.9. The van der Waals surface area contributed by atoms with Gasteiger partial charge in [-0.05, 0) is 82.0 Å². The number of amides is 1. The number of ether oxygens (including phenoxy) is 1. The van der Waals surface area contributed by atoms with Gasteiger partial charge in [0, 0.05) is 54.4 Å². The number of hydrogen-bond donors (Lipinski definition) is 0. The fourth-order valence-electron chi connectivity index (χ4n) is 5.44. The van der Waals surface area contributed by atoms with Crippen molar-refractivity contribution in [1.29, 1.82) is 0 Å². The lowest BCUT2D eigenvalue weighted by Crippen LogP contribution is -2.38. The molecule has 0 aliphatic carbocycles. The van der Waals surface area contributed by atoms with Crippen molar-refractivity contribution >= 4 is 16.8 Å². The molecular formula is C28H35N3O2. The predicted molar refractivity (Wildman–Crippen MR) is 133 cm³/mol. The summed E-state index contributed by atoms with van der Waals surface area (Å²) in [4.78, 5) is 17.3. The number of benzene rings is 2. The first-order chi connectivity index (χ1) is 16.2. The topological polar surface area (TPSA) is 37.7 Å². The number of piperidine rings is 1. The summed E-state index contributed by atoms with van der Waals surface area (Å²) in [5.74, 6) is 1.10. The number of nitrogens with zero attached hydrogens (tertiary/aromatic N) is 3. The zero-order valence-corrected chi connectivity index (χ0v) is 19.7. The number of hydrogen-bond acceptors (Lipinski definition) is 3. The molecule has 2 saturated heterocycles. The van der Waals surface area contributed by atoms with Gasteiger partial charge in [0.1, 0.15) is 5.75 Å². The number of carbonyl (C=O) groups excluding carboxylic acids is 1. The third-order valence-electron chi connectivity index (χ3n) is 7.41. The lowest BCUT2D eigenvalue weighted by atomic mass is 10.0. The number of likely N-dealkylation sites (tertiary alicyclic amines) is 2. The lowest BCUT2D eigenvalue weighted by Gasteiger charge is -2.33. The first-order valence-corrected chi connectivity index (χ1v) is 12.5. The molecule has 0 unspecified atom stereocenters. The maximum absolute atomic E-state index is 12.7. The molecule has 174 valence electrons. The summed E-state index contributed by atoms with van der Waals surface area (Å²) in [5.41, 5.74) is 2.03. The predicted octanol–water partition coefficient (Wildman–Crippen LogP) is 5.37. The van der Waals surface area contributed by atoms with Crippen LogP contribution in [0.25, 0.3) is 10.9 Å². The Morgan fingerprint density at radius 3 is 2.58 bits per heavy atom. The van der Waals surface area contributed by atoms with E-state index in [0.717, 1.165) is 62.9 Å². The van der Waals surface area contributed by atoms with Crippen LogP contribution in [0.4, 0.5) is 0 Å². The van der Waals surface area contributed by atoms with E-state index in [9.17, 15) is 4.79 Å². The molecule has 2 aliphatic heterocycles. The van der Waals surface area contributed by atoms with Gasteiger partial charge < -0.3 is 19.1 Å². The van der Waals surface area contributed by atoms with E-state index in [0.29, 0.717) is 6.04 Å². The number of carbonyl (C=O) groups is 1. The Hall–Kier alpha value is -2.79. The molecule has 0 N–H and O–H groups in total. The molecule has 5 rings (SSSR count). The Morgan fingerprint density at radius 1 is 1.00 bits per heavy atom. The average molecular weight is 446 g/mol. The van der Waals surface area contributed by atoms with Crippen molar-refractivity contribution in [2.75, 3.05) is 32.8 Å². The highest BCUT2D eigenvalue weighted by Gasteiger charge is 2.25. The van der Waals surface area contributed by atoms with Crippen LogP contribution < -0.4 is 4.74 Å². The lowest BCUT2D eigenvalue weighted by molar-refractivity contribution is 0.0696. The van der Waals surface area contributed by atoms with Gasteiger partial charge in [-0.25, -0.2) is 0 Å². The molecule has 1 atom stereocenters. The second-order valence-electron chi connectivity index (χ2n) is 9.56. The van der Waals surface area contributed by atoms with Gasteiger partial charge in [-0.3, -0.25) is 4.79 Å². The van der Waals surface area contributed by atoms with Crippen LogP contribution in [0.15, 0.2) is 60.8 Å². The third-order valence-corrected chi connectivity index (χ3v) is 7.41. The van der Waals surface area contributed by atoms with Gasteiger partial charge in [0.05, 0.1) is 6.61 Å². The summed E-state index contributed by atoms with van der Waals surface area (Å²) >= 11 is 0. The van der Waals surface area contributed by atoms with Crippen LogP contribution >= 0.6 is 0 Å². The zero-order valence-electron chi connectivity index (χ0n) is 19.7. The quantitative estimate of drug-likeness (QED) is 0.459. The van der Waals surface area contributed by atoms with Crippen molar-refractivity contribution in [2.24, 2.45) is 0 Å². The van der Waals surface area contributed by atoms with Crippen LogP contribution in [0.2, 0.25) is 0 Å². The highest BCUT2D eigenvalue weighted by molar-refractivity contribution is 5.94. The van der Waals surface area contributed by atoms with E-state index in [4.69, 9.17) is 4.74 Å². The molecule has 0 spiro atoms. The highest BCUT2D eigenvalue weighted by Crippen LogP contribution is 2.30. The van der Waals surface area contributed by atoms with E-state index < -0.39 is 0 Å². The highest BCUT2D eigenvalue weighted by atomic mass is 16.5. The van der Waals surface area contributed by atoms with Gasteiger partial charge in [0.25, 0.3) is 5.91 Å². The molecular weight excluding hydrogens is 410 g/mol. The Bertz CT molecular complexity index is 1070. The minimum Gasteiger partial charge on any atom is -0.494 e. The Balaban J connectivity index is 1.15. The molecule has 2 fully saturated rings. The monoisotopic (exact) mass is 445 g/mol. The molecule has 3 aromatic rings. The molecule has 1 amide bonds. The minimum atomic E-state index is 0.146. The maximum atomic E-state index is 12.7. The Morgan fingerprint density at radius 2 is 1.82 bits per heavy atom. The van der Waals surface area contributed by atoms with E-state index >= 15 is 0 Å². The van der Waals surface area contributed by atoms with Crippen molar-refractivity contribution < 1.29 is 9.53 Å². The average Bonchev–Trinajstić information content (AvgIpc) is 3.47. The van der Waals surface area contributed by atoms with Gasteiger partial charge in [0.2, 0.25) is 0 Å². The van der Waals surface area contributed by atoms with Crippen molar-refractivity contribution in [3.05, 3.63) is 66.4 Å². The van der Waals surface area contributed by atoms with Crippen LogP contribution in [-0.2, 0) is 0 Å². The van der Waals surface area contributed by atoms with Crippen molar-refractivity contribution in [2.45, 2.75) is 51.1 Å². The molecule has 0 saturated carbocycles. The van der Waals surface area contributed by atoms with Crippen molar-refractivity contribution in [3.8, 4) is 5.75 Å². The fourth-order valence-corrected chi connectivity index (χ4v) is 5.44. The summed E-state index contributed by atoms with van der Waals surface area (Å²) in [6.07, 6.45) is 7.90. The zero-order chi connectivity index (χ0) is 22.6. The van der Waals surface area contributed by atoms with E-state index in [1.165, 1.54) is 30.3 Å². The molecule has 33 heavy (non-hydrogen) atoms. The van der Waals surface area contributed by atoms with E-state index in [1.54, 1.807) is 0 Å². The largest absolute Gasteiger partial charge is 0.494 e. The van der Waals surface area contributed by atoms with Gasteiger partial charge in [0.15, 0.2) is 0 Å². The summed E-state index contributed by atoms with van der Waals surface area (Å²) in [6, 6.07) is 19.4. The summed E-state index contributed by atoms with van der Waals surface area (Å²) in [5, 5.41) is 1.23. The standard InChI is InChI=1S/C28H35N3O2/c1-22-7-5-15-29(22)16-6-20-33-26-10-11-27-24(21-26)12-19-31(27)25-13-17-30(18-14-25)28(32)23-8-3-2-4-9-23/h2-4,8-12,19,21-22,25H,5-7,13-18,20H2,1H3/t22-/m1/s1. The van der Waals surface area contributed by atoms with Gasteiger partial charge >= 0.3 is 0 Å². The fraction of sp³-hybridized carbons (Fsp3) is 0.464. The Kier molecular flexibility index (Phi) is 6.68. The first kappa shape index (κ1) is 22.0. The SMILES string of the molecule is C[C@@H]1CCCN1CCCOc1ccc2c(ccn2C2CCN(C(=O)c3ccccc3)CC2)c1. The second-order valence-corrected chi connectivity index (χ2v) is 9.56. The number of aromatic nitrogens is 1. The van der Waals surface area contributed by atoms with Crippen LogP contribution in [0.3, 0.4) is 0 Å². The smallest absolute Gasteiger partial charge is 0.253 e. The molecule has 0 radical (unpaired) electrons. The van der Waals surface area contributed by atoms with Gasteiger partial charge in [-0.1, -0.05) is 18.2 Å². The molecule has 0 bridgehead atoms. The molecule has 2 aliphatic rings. The molecule has 1 aromatic heterocycles. The maximum Gasteiger partial charge on any atom is 0.253 e. The van der Waals surface area contributed by atoms with Gasteiger partial charge in [-0.2, -0.15) is 0 Å². The molecule has 5 heteroatoms. The summed E-state index contributed by atoms with van der Waals surface area (Å²) in [7, 11) is 0. The molecule has 5 nitrogen and oxygen atoms in total. The first-order valence-electron chi connectivity index (χ1n) is 12.5. The van der Waals surface area contributed by atoms with Crippen LogP contribution in [0, 0.1) is 0 Å². The van der Waals surface area contributed by atoms with Crippen molar-refractivity contribution in [1.82, 2.24) is 14.4 Å². The van der Waals surface area contributed by atoms with Crippen molar-refractivity contribution in [3.63, 3.8) is 0 Å². The minimum absolute atomic E-state index is 0.146. The van der Waals surface area contributed by atoms with Gasteiger partial charge in [-0.15, -0.1) is 0 Å². The molecule has 2 aromatic carbocycles. The third kappa shape index (κ3) is 4.93. The second kappa shape index (κ2) is 10.0. The Labute approximate surface area is 196 Å². The number of rotatable bonds is 7. The number of fused-ring (bicyclic) bond motifs is 1. The summed E-state index contributed by atoms with van der Waals surface area (Å²) < 4.78 is 8.45. The van der Waals surface area contributed by atoms with Crippen LogP contribution in [0.1, 0.15) is 55.4 Å². The van der Waals surface area contributed by atoms with E-state index in [-0.39, 0.29) is 5.91 Å². The van der Waals surface area contributed by atoms with Crippen LogP contribution in [-0.4, -0.2) is 59.1 Å². The van der Waals surface area contributed by atoms with E-state index in [1.807, 2.05) is 35.2 Å². The van der Waals surface area contributed by atoms with E-state index in [2.05, 4.69) is 46.9 Å².